The lowest BCUT2D eigenvalue weighted by molar-refractivity contribution is -0.122. The molecule has 2 aliphatic carbocycles. The number of imidazole rings is 1. The summed E-state index contributed by atoms with van der Waals surface area (Å²) < 4.78 is 7.62. The monoisotopic (exact) mass is 530 g/mol. The van der Waals surface area contributed by atoms with Gasteiger partial charge < -0.3 is 24.7 Å². The predicted molar refractivity (Wildman–Crippen MR) is 142 cm³/mol. The van der Waals surface area contributed by atoms with Crippen molar-refractivity contribution in [3.05, 3.63) is 54.1 Å². The van der Waals surface area contributed by atoms with Crippen LogP contribution >= 0.6 is 0 Å². The number of hydrogen-bond donors (Lipinski definition) is 4. The van der Waals surface area contributed by atoms with Crippen LogP contribution in [-0.2, 0) is 4.79 Å². The molecular formula is C28H30N6O5. The number of aromatic carboxylic acids is 1. The lowest BCUT2D eigenvalue weighted by Gasteiger charge is -2.28. The molecule has 3 heterocycles. The van der Waals surface area contributed by atoms with Gasteiger partial charge in [0.15, 0.2) is 5.69 Å². The lowest BCUT2D eigenvalue weighted by Crippen LogP contribution is -2.55. The molecule has 11 heteroatoms. The van der Waals surface area contributed by atoms with E-state index < -0.39 is 17.4 Å². The van der Waals surface area contributed by atoms with Crippen molar-refractivity contribution in [2.45, 2.75) is 69.4 Å². The first-order valence-electron chi connectivity index (χ1n) is 13.4. The smallest absolute Gasteiger partial charge is 0.356 e. The van der Waals surface area contributed by atoms with E-state index in [0.29, 0.717) is 30.0 Å². The van der Waals surface area contributed by atoms with Crippen LogP contribution in [0.15, 0.2) is 47.3 Å². The molecule has 39 heavy (non-hydrogen) atoms. The minimum atomic E-state index is -1.20. The molecule has 0 aliphatic heterocycles. The Morgan fingerprint density at radius 2 is 1.85 bits per heavy atom. The molecule has 0 bridgehead atoms. The van der Waals surface area contributed by atoms with Crippen LogP contribution in [-0.4, -0.2) is 48.2 Å². The van der Waals surface area contributed by atoms with Crippen LogP contribution in [0.2, 0.25) is 0 Å². The van der Waals surface area contributed by atoms with E-state index in [-0.39, 0.29) is 17.4 Å². The van der Waals surface area contributed by atoms with Crippen molar-refractivity contribution in [2.75, 3.05) is 5.32 Å². The van der Waals surface area contributed by atoms with Crippen LogP contribution in [0.3, 0.4) is 0 Å². The summed E-state index contributed by atoms with van der Waals surface area (Å²) in [6.07, 6.45) is 11.6. The Labute approximate surface area is 224 Å². The predicted octanol–water partition coefficient (Wildman–Crippen LogP) is 4.90. The second-order valence-electron chi connectivity index (χ2n) is 10.5. The third-order valence-corrected chi connectivity index (χ3v) is 7.96. The first-order valence-corrected chi connectivity index (χ1v) is 13.4. The molecule has 2 fully saturated rings. The first-order chi connectivity index (χ1) is 18.9. The maximum Gasteiger partial charge on any atom is 0.356 e. The van der Waals surface area contributed by atoms with Gasteiger partial charge in [0.1, 0.15) is 23.4 Å². The van der Waals surface area contributed by atoms with Gasteiger partial charge >= 0.3 is 5.97 Å². The van der Waals surface area contributed by atoms with Gasteiger partial charge in [-0.2, -0.15) is 5.10 Å². The molecule has 0 saturated heterocycles. The zero-order valence-corrected chi connectivity index (χ0v) is 21.4. The average Bonchev–Trinajstić information content (AvgIpc) is 3.75. The summed E-state index contributed by atoms with van der Waals surface area (Å²) in [6, 6.07) is 8.99. The molecule has 6 rings (SSSR count). The number of carbonyl (C=O) groups is 3. The Hall–Kier alpha value is -4.41. The van der Waals surface area contributed by atoms with Gasteiger partial charge in [-0.05, 0) is 49.9 Å². The zero-order valence-electron chi connectivity index (χ0n) is 21.4. The average molecular weight is 531 g/mol. The van der Waals surface area contributed by atoms with Gasteiger partial charge in [-0.1, -0.05) is 32.1 Å². The van der Waals surface area contributed by atoms with Crippen LogP contribution in [0.5, 0.6) is 0 Å². The van der Waals surface area contributed by atoms with Crippen molar-refractivity contribution in [1.82, 2.24) is 25.1 Å². The van der Waals surface area contributed by atoms with Crippen molar-refractivity contribution in [3.8, 4) is 11.4 Å². The highest BCUT2D eigenvalue weighted by Crippen LogP contribution is 2.37. The lowest BCUT2D eigenvalue weighted by atomic mass is 9.94. The van der Waals surface area contributed by atoms with E-state index in [1.54, 1.807) is 24.7 Å². The number of H-pyrrole nitrogens is 1. The number of aromatic nitrogens is 4. The zero-order chi connectivity index (χ0) is 27.0. The number of carbonyl (C=O) groups excluding carboxylic acids is 2. The van der Waals surface area contributed by atoms with Gasteiger partial charge in [0.05, 0.1) is 22.9 Å². The van der Waals surface area contributed by atoms with E-state index in [1.807, 2.05) is 12.1 Å². The molecule has 4 aromatic rings. The summed E-state index contributed by atoms with van der Waals surface area (Å²) >= 11 is 0. The number of fused-ring (bicyclic) bond motifs is 1. The van der Waals surface area contributed by atoms with Crippen LogP contribution in [0.1, 0.15) is 84.7 Å². The van der Waals surface area contributed by atoms with Crippen LogP contribution in [0.4, 0.5) is 5.82 Å². The number of amides is 2. The highest BCUT2D eigenvalue weighted by Gasteiger charge is 2.43. The summed E-state index contributed by atoms with van der Waals surface area (Å²) in [5.41, 5.74) is 1.69. The van der Waals surface area contributed by atoms with Crippen molar-refractivity contribution in [1.29, 1.82) is 0 Å². The third-order valence-electron chi connectivity index (χ3n) is 7.96. The number of rotatable bonds is 7. The summed E-state index contributed by atoms with van der Waals surface area (Å²) in [6.45, 7) is 0. The van der Waals surface area contributed by atoms with E-state index in [9.17, 15) is 14.4 Å². The molecule has 1 aromatic carbocycles. The largest absolute Gasteiger partial charge is 0.476 e. The fraction of sp³-hybridized carbons (Fsp3) is 0.393. The maximum absolute atomic E-state index is 13.5. The number of nitrogens with zero attached hydrogens (tertiary/aromatic N) is 3. The number of carboxylic acid groups (broad SMARTS) is 1. The molecule has 2 saturated carbocycles. The summed E-state index contributed by atoms with van der Waals surface area (Å²) in [5, 5.41) is 21.0. The van der Waals surface area contributed by atoms with E-state index in [2.05, 4.69) is 25.4 Å². The Kier molecular flexibility index (Phi) is 6.41. The van der Waals surface area contributed by atoms with Crippen LogP contribution in [0, 0.1) is 0 Å². The van der Waals surface area contributed by atoms with E-state index in [1.165, 1.54) is 25.3 Å². The summed E-state index contributed by atoms with van der Waals surface area (Å²) in [7, 11) is 0. The van der Waals surface area contributed by atoms with Crippen molar-refractivity contribution >= 4 is 34.6 Å². The van der Waals surface area contributed by atoms with E-state index >= 15 is 0 Å². The molecule has 0 spiro atoms. The van der Waals surface area contributed by atoms with Gasteiger partial charge in [-0.25, -0.2) is 9.78 Å². The van der Waals surface area contributed by atoms with E-state index in [0.717, 1.165) is 42.6 Å². The van der Waals surface area contributed by atoms with Gasteiger partial charge in [0.2, 0.25) is 0 Å². The molecule has 0 unspecified atom stereocenters. The van der Waals surface area contributed by atoms with Crippen LogP contribution < -0.4 is 10.6 Å². The molecule has 2 aliphatic rings. The highest BCUT2D eigenvalue weighted by atomic mass is 16.4. The molecule has 2 amide bonds. The number of benzene rings is 1. The summed E-state index contributed by atoms with van der Waals surface area (Å²) in [4.78, 5) is 42.8. The fourth-order valence-corrected chi connectivity index (χ4v) is 5.96. The summed E-state index contributed by atoms with van der Waals surface area (Å²) in [5.74, 6) is -0.969. The quantitative estimate of drug-likeness (QED) is 0.265. The Morgan fingerprint density at radius 1 is 1.05 bits per heavy atom. The number of hydrogen-bond acceptors (Lipinski definition) is 6. The standard InChI is InChI=1S/C28H30N6O5/c35-25(31-28(11-4-5-12-28)27(38)30-23-15-21(26(36)37)32-33-23)17-8-9-22-20(14-17)29-24(18-10-13-39-16-18)34(22)19-6-2-1-3-7-19/h8-10,13-16,19H,1-7,11-12H2,(H,31,35)(H,36,37)(H2,30,32,33,38). The first kappa shape index (κ1) is 24.9. The van der Waals surface area contributed by atoms with Crippen molar-refractivity contribution in [3.63, 3.8) is 0 Å². The molecule has 0 atom stereocenters. The number of aromatic amines is 1. The van der Waals surface area contributed by atoms with Crippen molar-refractivity contribution in [2.24, 2.45) is 0 Å². The SMILES string of the molecule is O=C(NC1(C(=O)Nc2cc(C(=O)O)n[nH]2)CCCC1)c1ccc2c(c1)nc(-c1ccoc1)n2C1CCCCC1. The molecule has 11 nitrogen and oxygen atoms in total. The van der Waals surface area contributed by atoms with Crippen molar-refractivity contribution < 1.29 is 23.9 Å². The molecule has 4 N–H and O–H groups in total. The minimum absolute atomic E-state index is 0.166. The highest BCUT2D eigenvalue weighted by molar-refractivity contribution is 6.05. The number of anilines is 1. The Balaban J connectivity index is 1.28. The molecule has 202 valence electrons. The van der Waals surface area contributed by atoms with Gasteiger partial charge in [-0.15, -0.1) is 0 Å². The molecule has 3 aromatic heterocycles. The normalized spacial score (nSPS) is 17.3. The Morgan fingerprint density at radius 3 is 2.54 bits per heavy atom. The van der Waals surface area contributed by atoms with Gasteiger partial charge in [0, 0.05) is 17.7 Å². The second-order valence-corrected chi connectivity index (χ2v) is 10.5. The van der Waals surface area contributed by atoms with Crippen LogP contribution in [0.25, 0.3) is 22.4 Å². The number of furan rings is 1. The molecule has 0 radical (unpaired) electrons. The number of nitrogens with one attached hydrogen (secondary N) is 3. The molecular weight excluding hydrogens is 500 g/mol. The van der Waals surface area contributed by atoms with Gasteiger partial charge in [0.25, 0.3) is 11.8 Å². The topological polar surface area (TPSA) is 155 Å². The third kappa shape index (κ3) is 4.68. The Bertz CT molecular complexity index is 1520. The second kappa shape index (κ2) is 10.0. The van der Waals surface area contributed by atoms with E-state index in [4.69, 9.17) is 14.5 Å². The van der Waals surface area contributed by atoms with Gasteiger partial charge in [-0.3, -0.25) is 14.7 Å². The minimum Gasteiger partial charge on any atom is -0.476 e. The number of carboxylic acids is 1. The fourth-order valence-electron chi connectivity index (χ4n) is 5.96. The maximum atomic E-state index is 13.5.